The average molecular weight is 245 g/mol. The summed E-state index contributed by atoms with van der Waals surface area (Å²) in [5.41, 5.74) is 0.898. The highest BCUT2D eigenvalue weighted by Crippen LogP contribution is 2.28. The number of hydrogen-bond donors (Lipinski definition) is 0. The summed E-state index contributed by atoms with van der Waals surface area (Å²) < 4.78 is 0. The van der Waals surface area contributed by atoms with Crippen LogP contribution in [0.25, 0.3) is 0 Å². The highest BCUT2D eigenvalue weighted by atomic mass is 35.5. The molecule has 4 heteroatoms. The van der Waals surface area contributed by atoms with E-state index in [9.17, 15) is 9.59 Å². The topological polar surface area (TPSA) is 34.1 Å². The molecule has 0 spiro atoms. The van der Waals surface area contributed by atoms with Crippen LogP contribution in [0.3, 0.4) is 0 Å². The van der Waals surface area contributed by atoms with Crippen LogP contribution in [-0.2, 0) is 11.2 Å². The molecular formula is C11H10Cl2O2. The highest BCUT2D eigenvalue weighted by Gasteiger charge is 2.12. The van der Waals surface area contributed by atoms with E-state index in [4.69, 9.17) is 23.2 Å². The fourth-order valence-corrected chi connectivity index (χ4v) is 1.74. The van der Waals surface area contributed by atoms with Gasteiger partial charge in [0.2, 0.25) is 0 Å². The molecule has 0 heterocycles. The second-order valence-corrected chi connectivity index (χ2v) is 3.90. The van der Waals surface area contributed by atoms with E-state index in [0.717, 1.165) is 0 Å². The Labute approximate surface area is 98.2 Å². The summed E-state index contributed by atoms with van der Waals surface area (Å²) in [6.45, 7) is 1.77. The number of ketones is 1. The largest absolute Gasteiger partial charge is 0.299 e. The van der Waals surface area contributed by atoms with E-state index < -0.39 is 0 Å². The van der Waals surface area contributed by atoms with Crippen LogP contribution in [0.4, 0.5) is 0 Å². The SMILES string of the molecule is CCC(=O)Cc1c(Cl)ccc(C=O)c1Cl. The minimum atomic E-state index is 0.0434. The lowest BCUT2D eigenvalue weighted by molar-refractivity contribution is -0.118. The predicted octanol–water partition coefficient (Wildman–Crippen LogP) is 3.33. The van der Waals surface area contributed by atoms with Crippen molar-refractivity contribution in [1.29, 1.82) is 0 Å². The second kappa shape index (κ2) is 5.29. The normalized spacial score (nSPS) is 10.1. The van der Waals surface area contributed by atoms with Crippen LogP contribution in [0.1, 0.15) is 29.3 Å². The molecule has 0 N–H and O–H groups in total. The summed E-state index contributed by atoms with van der Waals surface area (Å²) in [5.74, 6) is 0.0434. The van der Waals surface area contributed by atoms with E-state index in [1.165, 1.54) is 6.07 Å². The molecule has 1 rings (SSSR count). The maximum Gasteiger partial charge on any atom is 0.151 e. The quantitative estimate of drug-likeness (QED) is 0.762. The Bertz CT molecular complexity index is 400. The molecule has 80 valence electrons. The monoisotopic (exact) mass is 244 g/mol. The van der Waals surface area contributed by atoms with Gasteiger partial charge in [-0.1, -0.05) is 30.1 Å². The number of benzene rings is 1. The van der Waals surface area contributed by atoms with Crippen molar-refractivity contribution >= 4 is 35.3 Å². The summed E-state index contributed by atoms with van der Waals surface area (Å²) in [4.78, 5) is 21.9. The van der Waals surface area contributed by atoms with Crippen molar-refractivity contribution in [3.8, 4) is 0 Å². The Hall–Kier alpha value is -0.860. The molecule has 1 aromatic carbocycles. The Kier molecular flexibility index (Phi) is 4.30. The van der Waals surface area contributed by atoms with Gasteiger partial charge in [0, 0.05) is 23.4 Å². The molecular weight excluding hydrogens is 235 g/mol. The number of carbonyl (C=O) groups is 2. The predicted molar refractivity (Wildman–Crippen MR) is 60.9 cm³/mol. The number of rotatable bonds is 4. The third-order valence-electron chi connectivity index (χ3n) is 2.11. The van der Waals surface area contributed by atoms with Crippen LogP contribution in [0.5, 0.6) is 0 Å². The van der Waals surface area contributed by atoms with Crippen molar-refractivity contribution in [2.45, 2.75) is 19.8 Å². The third-order valence-corrected chi connectivity index (χ3v) is 2.91. The Morgan fingerprint density at radius 2 is 2.07 bits per heavy atom. The standard InChI is InChI=1S/C11H10Cl2O2/c1-2-8(15)5-9-10(12)4-3-7(6-14)11(9)13/h3-4,6H,2,5H2,1H3. The molecule has 0 aliphatic carbocycles. The van der Waals surface area contributed by atoms with Gasteiger partial charge in [0.25, 0.3) is 0 Å². The molecule has 0 fully saturated rings. The Morgan fingerprint density at radius 3 is 2.60 bits per heavy atom. The van der Waals surface area contributed by atoms with E-state index in [2.05, 4.69) is 0 Å². The summed E-state index contributed by atoms with van der Waals surface area (Å²) in [5, 5.41) is 0.701. The molecule has 0 aromatic heterocycles. The molecule has 2 nitrogen and oxygen atoms in total. The lowest BCUT2D eigenvalue weighted by Gasteiger charge is -2.07. The van der Waals surface area contributed by atoms with Crippen molar-refractivity contribution in [3.05, 3.63) is 33.3 Å². The number of halogens is 2. The number of aldehydes is 1. The first-order chi connectivity index (χ1) is 7.10. The molecule has 15 heavy (non-hydrogen) atoms. The summed E-state index contributed by atoms with van der Waals surface area (Å²) in [6, 6.07) is 3.12. The third kappa shape index (κ3) is 2.80. The van der Waals surface area contributed by atoms with Crippen LogP contribution in [0.2, 0.25) is 10.0 Å². The Balaban J connectivity index is 3.15. The van der Waals surface area contributed by atoms with E-state index in [1.54, 1.807) is 13.0 Å². The zero-order valence-electron chi connectivity index (χ0n) is 8.22. The van der Waals surface area contributed by atoms with Gasteiger partial charge in [-0.3, -0.25) is 9.59 Å². The summed E-state index contributed by atoms with van der Waals surface area (Å²) >= 11 is 11.9. The minimum Gasteiger partial charge on any atom is -0.299 e. The van der Waals surface area contributed by atoms with Gasteiger partial charge in [-0.25, -0.2) is 0 Å². The van der Waals surface area contributed by atoms with Gasteiger partial charge in [-0.2, -0.15) is 0 Å². The van der Waals surface area contributed by atoms with Crippen LogP contribution >= 0.6 is 23.2 Å². The van der Waals surface area contributed by atoms with E-state index in [-0.39, 0.29) is 17.2 Å². The zero-order valence-corrected chi connectivity index (χ0v) is 9.73. The van der Waals surface area contributed by atoms with Gasteiger partial charge < -0.3 is 0 Å². The van der Waals surface area contributed by atoms with Crippen molar-refractivity contribution in [2.24, 2.45) is 0 Å². The molecule has 0 saturated carbocycles. The molecule has 1 aromatic rings. The van der Waals surface area contributed by atoms with E-state index in [1.807, 2.05) is 0 Å². The molecule has 0 aliphatic rings. The van der Waals surface area contributed by atoms with E-state index in [0.29, 0.717) is 28.9 Å². The van der Waals surface area contributed by atoms with Crippen molar-refractivity contribution in [1.82, 2.24) is 0 Å². The summed E-state index contributed by atoms with van der Waals surface area (Å²) in [6.07, 6.45) is 1.26. The van der Waals surface area contributed by atoms with Crippen LogP contribution in [-0.4, -0.2) is 12.1 Å². The molecule has 0 radical (unpaired) electrons. The molecule has 0 bridgehead atoms. The second-order valence-electron chi connectivity index (χ2n) is 3.12. The first kappa shape index (κ1) is 12.2. The molecule has 0 amide bonds. The van der Waals surface area contributed by atoms with Crippen molar-refractivity contribution < 1.29 is 9.59 Å². The lowest BCUT2D eigenvalue weighted by atomic mass is 10.0. The van der Waals surface area contributed by atoms with Crippen molar-refractivity contribution in [3.63, 3.8) is 0 Å². The molecule has 0 atom stereocenters. The molecule has 0 saturated heterocycles. The average Bonchev–Trinajstić information content (AvgIpc) is 2.24. The first-order valence-corrected chi connectivity index (χ1v) is 5.29. The highest BCUT2D eigenvalue weighted by molar-refractivity contribution is 6.37. The lowest BCUT2D eigenvalue weighted by Crippen LogP contribution is -2.03. The van der Waals surface area contributed by atoms with Crippen LogP contribution in [0, 0.1) is 0 Å². The summed E-state index contributed by atoms with van der Waals surface area (Å²) in [7, 11) is 0. The van der Waals surface area contributed by atoms with Crippen molar-refractivity contribution in [2.75, 3.05) is 0 Å². The van der Waals surface area contributed by atoms with Gasteiger partial charge in [0.05, 0.1) is 5.02 Å². The number of hydrogen-bond acceptors (Lipinski definition) is 2. The van der Waals surface area contributed by atoms with Gasteiger partial charge >= 0.3 is 0 Å². The van der Waals surface area contributed by atoms with Gasteiger partial charge in [-0.15, -0.1) is 0 Å². The van der Waals surface area contributed by atoms with E-state index >= 15 is 0 Å². The number of carbonyl (C=O) groups excluding carboxylic acids is 2. The van der Waals surface area contributed by atoms with Gasteiger partial charge in [0.15, 0.2) is 6.29 Å². The van der Waals surface area contributed by atoms with Gasteiger partial charge in [-0.05, 0) is 17.7 Å². The molecule has 0 aliphatic heterocycles. The smallest absolute Gasteiger partial charge is 0.151 e. The van der Waals surface area contributed by atoms with Crippen LogP contribution in [0.15, 0.2) is 12.1 Å². The fraction of sp³-hybridized carbons (Fsp3) is 0.273. The minimum absolute atomic E-state index is 0.0434. The maximum atomic E-state index is 11.3. The fourth-order valence-electron chi connectivity index (χ4n) is 1.19. The molecule has 0 unspecified atom stereocenters. The number of Topliss-reactive ketones (excluding diaryl/α,β-unsaturated/α-hetero) is 1. The van der Waals surface area contributed by atoms with Gasteiger partial charge in [0.1, 0.15) is 5.78 Å². The van der Waals surface area contributed by atoms with Crippen LogP contribution < -0.4 is 0 Å². The Morgan fingerprint density at radius 1 is 1.40 bits per heavy atom. The first-order valence-electron chi connectivity index (χ1n) is 4.53. The zero-order chi connectivity index (χ0) is 11.4. The maximum absolute atomic E-state index is 11.3.